The lowest BCUT2D eigenvalue weighted by Gasteiger charge is -2.08. The summed E-state index contributed by atoms with van der Waals surface area (Å²) in [6.07, 6.45) is 1.50. The Bertz CT molecular complexity index is 613. The number of nitrogens with two attached hydrogens (primary N) is 1. The number of carbonyl (C=O) groups excluding carboxylic acids is 1. The molecular formula is C14H14FN3O. The maximum Gasteiger partial charge on any atom is 0.253 e. The first-order valence-corrected chi connectivity index (χ1v) is 5.81. The maximum absolute atomic E-state index is 13.0. The van der Waals surface area contributed by atoms with Crippen molar-refractivity contribution in [1.29, 1.82) is 0 Å². The predicted octanol–water partition coefficient (Wildman–Crippen LogP) is 2.04. The maximum atomic E-state index is 13.0. The molecule has 0 fully saturated rings. The Kier molecular flexibility index (Phi) is 3.75. The van der Waals surface area contributed by atoms with E-state index in [1.165, 1.54) is 18.3 Å². The second kappa shape index (κ2) is 5.48. The molecular weight excluding hydrogens is 245 g/mol. The molecule has 1 amide bonds. The minimum Gasteiger partial charge on any atom is -0.397 e. The predicted molar refractivity (Wildman–Crippen MR) is 71.0 cm³/mol. The zero-order valence-electron chi connectivity index (χ0n) is 10.5. The number of aryl methyl sites for hydroxylation is 1. The van der Waals surface area contributed by atoms with Gasteiger partial charge in [0.05, 0.1) is 23.1 Å². The first kappa shape index (κ1) is 13.0. The van der Waals surface area contributed by atoms with E-state index < -0.39 is 0 Å². The number of anilines is 1. The van der Waals surface area contributed by atoms with Gasteiger partial charge >= 0.3 is 0 Å². The van der Waals surface area contributed by atoms with E-state index in [1.807, 2.05) is 0 Å². The van der Waals surface area contributed by atoms with Crippen LogP contribution in [0.2, 0.25) is 0 Å². The van der Waals surface area contributed by atoms with Gasteiger partial charge in [-0.15, -0.1) is 0 Å². The Hall–Kier alpha value is -2.43. The summed E-state index contributed by atoms with van der Waals surface area (Å²) in [6, 6.07) is 7.66. The van der Waals surface area contributed by atoms with Gasteiger partial charge in [0.15, 0.2) is 0 Å². The molecule has 0 saturated carbocycles. The quantitative estimate of drug-likeness (QED) is 0.886. The number of amides is 1. The number of hydrogen-bond acceptors (Lipinski definition) is 3. The number of nitrogens with one attached hydrogen (secondary N) is 1. The van der Waals surface area contributed by atoms with Crippen LogP contribution < -0.4 is 11.1 Å². The minimum atomic E-state index is -0.325. The lowest BCUT2D eigenvalue weighted by Crippen LogP contribution is -2.24. The summed E-state index contributed by atoms with van der Waals surface area (Å²) in [7, 11) is 0. The first-order chi connectivity index (χ1) is 9.06. The summed E-state index contributed by atoms with van der Waals surface area (Å²) in [5.41, 5.74) is 7.76. The van der Waals surface area contributed by atoms with Crippen molar-refractivity contribution in [2.45, 2.75) is 13.5 Å². The standard InChI is InChI=1S/C14H14FN3O/c1-9-13(6-12(16)8-17-9)14(19)18-7-10-3-2-4-11(15)5-10/h2-6,8H,7,16H2,1H3,(H,18,19). The number of pyridine rings is 1. The second-order valence-electron chi connectivity index (χ2n) is 4.21. The Morgan fingerprint density at radius 2 is 2.21 bits per heavy atom. The molecule has 2 rings (SSSR count). The molecule has 1 aromatic heterocycles. The lowest BCUT2D eigenvalue weighted by molar-refractivity contribution is 0.0950. The van der Waals surface area contributed by atoms with Gasteiger partial charge < -0.3 is 11.1 Å². The number of aromatic nitrogens is 1. The van der Waals surface area contributed by atoms with E-state index in [4.69, 9.17) is 5.73 Å². The van der Waals surface area contributed by atoms with Crippen molar-refractivity contribution in [2.24, 2.45) is 0 Å². The van der Waals surface area contributed by atoms with Crippen LogP contribution in [-0.4, -0.2) is 10.9 Å². The molecule has 0 saturated heterocycles. The number of nitrogens with zero attached hydrogens (tertiary/aromatic N) is 1. The van der Waals surface area contributed by atoms with Gasteiger partial charge in [-0.05, 0) is 30.7 Å². The molecule has 0 unspecified atom stereocenters. The van der Waals surface area contributed by atoms with Crippen molar-refractivity contribution in [3.8, 4) is 0 Å². The number of rotatable bonds is 3. The highest BCUT2D eigenvalue weighted by atomic mass is 19.1. The van der Waals surface area contributed by atoms with Crippen molar-refractivity contribution < 1.29 is 9.18 Å². The van der Waals surface area contributed by atoms with Crippen molar-refractivity contribution in [3.63, 3.8) is 0 Å². The molecule has 19 heavy (non-hydrogen) atoms. The Balaban J connectivity index is 2.07. The number of carbonyl (C=O) groups is 1. The normalized spacial score (nSPS) is 10.2. The molecule has 1 aromatic carbocycles. The number of halogens is 1. The van der Waals surface area contributed by atoms with Crippen LogP contribution in [0, 0.1) is 12.7 Å². The van der Waals surface area contributed by atoms with Crippen LogP contribution in [-0.2, 0) is 6.54 Å². The molecule has 0 atom stereocenters. The van der Waals surface area contributed by atoms with Crippen LogP contribution in [0.25, 0.3) is 0 Å². The minimum absolute atomic E-state index is 0.255. The topological polar surface area (TPSA) is 68.0 Å². The van der Waals surface area contributed by atoms with Crippen molar-refractivity contribution in [1.82, 2.24) is 10.3 Å². The van der Waals surface area contributed by atoms with E-state index in [1.54, 1.807) is 25.1 Å². The smallest absolute Gasteiger partial charge is 0.253 e. The van der Waals surface area contributed by atoms with E-state index >= 15 is 0 Å². The van der Waals surface area contributed by atoms with Gasteiger partial charge in [0.25, 0.3) is 5.91 Å². The fourth-order valence-electron chi connectivity index (χ4n) is 1.70. The van der Waals surface area contributed by atoms with E-state index in [-0.39, 0.29) is 18.3 Å². The zero-order chi connectivity index (χ0) is 13.8. The van der Waals surface area contributed by atoms with Crippen LogP contribution in [0.4, 0.5) is 10.1 Å². The summed E-state index contributed by atoms with van der Waals surface area (Å²) in [5.74, 6) is -0.602. The van der Waals surface area contributed by atoms with Crippen LogP contribution in [0.1, 0.15) is 21.6 Å². The van der Waals surface area contributed by atoms with Gasteiger partial charge in [0.1, 0.15) is 5.82 Å². The third-order valence-electron chi connectivity index (χ3n) is 2.69. The van der Waals surface area contributed by atoms with Gasteiger partial charge in [-0.25, -0.2) is 4.39 Å². The fraction of sp³-hybridized carbons (Fsp3) is 0.143. The third kappa shape index (κ3) is 3.28. The molecule has 2 aromatic rings. The molecule has 0 radical (unpaired) electrons. The molecule has 0 aliphatic carbocycles. The lowest BCUT2D eigenvalue weighted by atomic mass is 10.1. The molecule has 4 nitrogen and oxygen atoms in total. The van der Waals surface area contributed by atoms with Gasteiger partial charge in [-0.2, -0.15) is 0 Å². The highest BCUT2D eigenvalue weighted by Gasteiger charge is 2.10. The number of hydrogen-bond donors (Lipinski definition) is 2. The van der Waals surface area contributed by atoms with Gasteiger partial charge in [0, 0.05) is 6.54 Å². The van der Waals surface area contributed by atoms with Gasteiger partial charge in [-0.1, -0.05) is 12.1 Å². The monoisotopic (exact) mass is 259 g/mol. The third-order valence-corrected chi connectivity index (χ3v) is 2.69. The zero-order valence-corrected chi connectivity index (χ0v) is 10.5. The van der Waals surface area contributed by atoms with Crippen molar-refractivity contribution >= 4 is 11.6 Å². The Morgan fingerprint density at radius 3 is 2.95 bits per heavy atom. The van der Waals surface area contributed by atoms with Crippen LogP contribution in [0.15, 0.2) is 36.5 Å². The van der Waals surface area contributed by atoms with Crippen LogP contribution in [0.3, 0.4) is 0 Å². The molecule has 0 aliphatic heterocycles. The van der Waals surface area contributed by atoms with E-state index in [0.29, 0.717) is 22.5 Å². The van der Waals surface area contributed by atoms with Gasteiger partial charge in [-0.3, -0.25) is 9.78 Å². The van der Waals surface area contributed by atoms with Crippen molar-refractivity contribution in [3.05, 3.63) is 59.2 Å². The average Bonchev–Trinajstić information content (AvgIpc) is 2.39. The highest BCUT2D eigenvalue weighted by Crippen LogP contribution is 2.10. The van der Waals surface area contributed by atoms with E-state index in [0.717, 1.165) is 0 Å². The highest BCUT2D eigenvalue weighted by molar-refractivity contribution is 5.95. The number of benzene rings is 1. The van der Waals surface area contributed by atoms with Crippen LogP contribution in [0.5, 0.6) is 0 Å². The van der Waals surface area contributed by atoms with Crippen molar-refractivity contribution in [2.75, 3.05) is 5.73 Å². The molecule has 5 heteroatoms. The SMILES string of the molecule is Cc1ncc(N)cc1C(=O)NCc1cccc(F)c1. The largest absolute Gasteiger partial charge is 0.397 e. The number of nitrogen functional groups attached to an aromatic ring is 1. The second-order valence-corrected chi connectivity index (χ2v) is 4.21. The molecule has 3 N–H and O–H groups in total. The summed E-state index contributed by atoms with van der Waals surface area (Å²) in [5, 5.41) is 2.71. The Morgan fingerprint density at radius 1 is 1.42 bits per heavy atom. The molecule has 0 spiro atoms. The molecule has 98 valence electrons. The Labute approximate surface area is 110 Å². The van der Waals surface area contributed by atoms with Gasteiger partial charge in [0.2, 0.25) is 0 Å². The summed E-state index contributed by atoms with van der Waals surface area (Å²) < 4.78 is 13.0. The summed E-state index contributed by atoms with van der Waals surface area (Å²) in [6.45, 7) is 1.99. The fourth-order valence-corrected chi connectivity index (χ4v) is 1.70. The molecule has 0 aliphatic rings. The molecule has 0 bridgehead atoms. The van der Waals surface area contributed by atoms with E-state index in [2.05, 4.69) is 10.3 Å². The first-order valence-electron chi connectivity index (χ1n) is 5.81. The summed E-state index contributed by atoms with van der Waals surface area (Å²) in [4.78, 5) is 16.0. The average molecular weight is 259 g/mol. The summed E-state index contributed by atoms with van der Waals surface area (Å²) >= 11 is 0. The van der Waals surface area contributed by atoms with E-state index in [9.17, 15) is 9.18 Å². The van der Waals surface area contributed by atoms with Crippen LogP contribution >= 0.6 is 0 Å². The molecule has 1 heterocycles.